The molecule has 0 radical (unpaired) electrons. The fraction of sp³-hybridized carbons (Fsp3) is 0.455. The van der Waals surface area contributed by atoms with Gasteiger partial charge in [0.25, 0.3) is 5.91 Å². The van der Waals surface area contributed by atoms with E-state index in [1.165, 1.54) is 24.3 Å². The molecule has 0 aliphatic heterocycles. The Bertz CT molecular complexity index is 991. The lowest BCUT2D eigenvalue weighted by Crippen LogP contribution is -2.36. The van der Waals surface area contributed by atoms with Gasteiger partial charge in [0.05, 0.1) is 23.2 Å². The van der Waals surface area contributed by atoms with Crippen molar-refractivity contribution in [3.8, 4) is 11.5 Å². The molecular formula is C22H24ClF3N2O4. The van der Waals surface area contributed by atoms with Crippen LogP contribution in [0.1, 0.15) is 48.9 Å². The quantitative estimate of drug-likeness (QED) is 0.385. The number of hydrogen-bond donors (Lipinski definition) is 3. The molecule has 1 aliphatic rings. The maximum absolute atomic E-state index is 12.9. The zero-order chi connectivity index (χ0) is 23.3. The molecule has 2 aromatic carbocycles. The number of halogens is 4. The molecule has 2 amide bonds. The summed E-state index contributed by atoms with van der Waals surface area (Å²) in [5.41, 5.74) is -0.247. The van der Waals surface area contributed by atoms with Crippen LogP contribution in [0, 0.1) is 0 Å². The Morgan fingerprint density at radius 2 is 1.91 bits per heavy atom. The minimum absolute atomic E-state index is 0.00984. The summed E-state index contributed by atoms with van der Waals surface area (Å²) in [4.78, 5) is 24.4. The van der Waals surface area contributed by atoms with Gasteiger partial charge in [-0.3, -0.25) is 9.59 Å². The highest BCUT2D eigenvalue weighted by Gasteiger charge is 2.39. The highest BCUT2D eigenvalue weighted by Crippen LogP contribution is 2.41. The van der Waals surface area contributed by atoms with E-state index >= 15 is 0 Å². The zero-order valence-corrected chi connectivity index (χ0v) is 18.0. The van der Waals surface area contributed by atoms with Gasteiger partial charge in [0.1, 0.15) is 11.5 Å². The van der Waals surface area contributed by atoms with E-state index in [9.17, 15) is 27.9 Å². The van der Waals surface area contributed by atoms with Crippen molar-refractivity contribution in [3.05, 3.63) is 29.8 Å². The molecule has 0 bridgehead atoms. The van der Waals surface area contributed by atoms with E-state index in [1.54, 1.807) is 0 Å². The number of hydrogen-bond acceptors (Lipinski definition) is 4. The summed E-state index contributed by atoms with van der Waals surface area (Å²) >= 11 is 5.69. The Hall–Kier alpha value is -2.68. The van der Waals surface area contributed by atoms with Crippen LogP contribution in [0.4, 0.5) is 18.9 Å². The van der Waals surface area contributed by atoms with Gasteiger partial charge in [0, 0.05) is 17.3 Å². The SMILES string of the molecule is O=C(NC1CCCCC1)c1cc(OCCCCl)c2c(NC(=O)C(F)(F)F)cccc2c1O. The average molecular weight is 473 g/mol. The lowest BCUT2D eigenvalue weighted by Gasteiger charge is -2.23. The molecule has 0 aromatic heterocycles. The van der Waals surface area contributed by atoms with Crippen molar-refractivity contribution in [1.29, 1.82) is 0 Å². The molecule has 3 rings (SSSR count). The van der Waals surface area contributed by atoms with Gasteiger partial charge in [-0.25, -0.2) is 0 Å². The van der Waals surface area contributed by atoms with Gasteiger partial charge in [0.15, 0.2) is 0 Å². The highest BCUT2D eigenvalue weighted by atomic mass is 35.5. The topological polar surface area (TPSA) is 87.7 Å². The number of phenolic OH excluding ortho intramolecular Hbond substituents is 1. The van der Waals surface area contributed by atoms with Gasteiger partial charge in [0.2, 0.25) is 0 Å². The molecule has 1 saturated carbocycles. The monoisotopic (exact) mass is 472 g/mol. The van der Waals surface area contributed by atoms with Crippen LogP contribution in [0.2, 0.25) is 0 Å². The number of rotatable bonds is 7. The van der Waals surface area contributed by atoms with Crippen molar-refractivity contribution in [1.82, 2.24) is 5.32 Å². The van der Waals surface area contributed by atoms with Crippen molar-refractivity contribution in [2.75, 3.05) is 17.8 Å². The van der Waals surface area contributed by atoms with Crippen molar-refractivity contribution >= 4 is 39.9 Å². The maximum atomic E-state index is 12.9. The van der Waals surface area contributed by atoms with E-state index in [0.717, 1.165) is 32.1 Å². The third kappa shape index (κ3) is 5.56. The van der Waals surface area contributed by atoms with Crippen molar-refractivity contribution in [2.24, 2.45) is 0 Å². The first-order valence-electron chi connectivity index (χ1n) is 10.4. The van der Waals surface area contributed by atoms with Gasteiger partial charge >= 0.3 is 12.1 Å². The zero-order valence-electron chi connectivity index (χ0n) is 17.2. The van der Waals surface area contributed by atoms with Gasteiger partial charge in [-0.15, -0.1) is 11.6 Å². The molecule has 0 atom stereocenters. The molecule has 3 N–H and O–H groups in total. The number of nitrogens with one attached hydrogen (secondary N) is 2. The van der Waals surface area contributed by atoms with Crippen molar-refractivity contribution in [2.45, 2.75) is 50.7 Å². The summed E-state index contributed by atoms with van der Waals surface area (Å²) in [5.74, 6) is -2.70. The first-order chi connectivity index (χ1) is 15.2. The third-order valence-electron chi connectivity index (χ3n) is 5.32. The Morgan fingerprint density at radius 3 is 2.56 bits per heavy atom. The number of aromatic hydroxyl groups is 1. The van der Waals surface area contributed by atoms with Crippen LogP contribution in [0.25, 0.3) is 10.8 Å². The largest absolute Gasteiger partial charge is 0.506 e. The van der Waals surface area contributed by atoms with Crippen LogP contribution in [0.5, 0.6) is 11.5 Å². The predicted molar refractivity (Wildman–Crippen MR) is 115 cm³/mol. The fourth-order valence-corrected chi connectivity index (χ4v) is 3.87. The number of benzene rings is 2. The number of amides is 2. The van der Waals surface area contributed by atoms with Crippen molar-refractivity contribution < 1.29 is 32.6 Å². The molecule has 0 heterocycles. The number of carbonyl (C=O) groups is 2. The van der Waals surface area contributed by atoms with E-state index in [0.29, 0.717) is 12.3 Å². The number of carbonyl (C=O) groups excluding carboxylic acids is 2. The summed E-state index contributed by atoms with van der Waals surface area (Å²) in [6.45, 7) is 0.134. The Kier molecular flexibility index (Phi) is 7.71. The summed E-state index contributed by atoms with van der Waals surface area (Å²) in [6, 6.07) is 5.36. The second kappa shape index (κ2) is 10.3. The van der Waals surface area contributed by atoms with Crippen LogP contribution < -0.4 is 15.4 Å². The number of anilines is 1. The fourth-order valence-electron chi connectivity index (χ4n) is 3.76. The minimum Gasteiger partial charge on any atom is -0.506 e. The average Bonchev–Trinajstić information content (AvgIpc) is 2.75. The summed E-state index contributed by atoms with van der Waals surface area (Å²) < 4.78 is 44.1. The second-order valence-electron chi connectivity index (χ2n) is 7.65. The van der Waals surface area contributed by atoms with Crippen LogP contribution in [0.15, 0.2) is 24.3 Å². The van der Waals surface area contributed by atoms with Gasteiger partial charge in [-0.1, -0.05) is 31.4 Å². The van der Waals surface area contributed by atoms with E-state index in [1.807, 2.05) is 5.32 Å². The second-order valence-corrected chi connectivity index (χ2v) is 8.03. The Labute approximate surface area is 188 Å². The normalized spacial score (nSPS) is 14.9. The maximum Gasteiger partial charge on any atom is 0.471 e. The standard InChI is InChI=1S/C22H24ClF3N2O4/c23-10-5-11-32-17-12-15(20(30)27-13-6-2-1-3-7-13)19(29)14-8-4-9-16(18(14)17)28-21(31)22(24,25)26/h4,8-9,12-13,29H,1-3,5-7,10-11H2,(H,27,30)(H,28,31). The minimum atomic E-state index is -5.09. The molecule has 1 aliphatic carbocycles. The molecule has 0 unspecified atom stereocenters. The van der Waals surface area contributed by atoms with Gasteiger partial charge in [-0.2, -0.15) is 13.2 Å². The Morgan fingerprint density at radius 1 is 1.19 bits per heavy atom. The van der Waals surface area contributed by atoms with Crippen LogP contribution in [-0.2, 0) is 4.79 Å². The summed E-state index contributed by atoms with van der Waals surface area (Å²) in [5, 5.41) is 15.7. The molecule has 0 saturated heterocycles. The molecule has 1 fully saturated rings. The summed E-state index contributed by atoms with van der Waals surface area (Å²) in [6.07, 6.45) is 0.153. The first kappa shape index (κ1) is 24.0. The lowest BCUT2D eigenvalue weighted by molar-refractivity contribution is -0.167. The molecule has 32 heavy (non-hydrogen) atoms. The van der Waals surface area contributed by atoms with Crippen LogP contribution in [0.3, 0.4) is 0 Å². The van der Waals surface area contributed by atoms with E-state index in [2.05, 4.69) is 5.32 Å². The molecule has 6 nitrogen and oxygen atoms in total. The van der Waals surface area contributed by atoms with E-state index < -0.39 is 23.7 Å². The van der Waals surface area contributed by atoms with Gasteiger partial charge in [-0.05, 0) is 31.4 Å². The Balaban J connectivity index is 2.04. The molecule has 174 valence electrons. The van der Waals surface area contributed by atoms with Crippen LogP contribution in [-0.4, -0.2) is 41.6 Å². The smallest absolute Gasteiger partial charge is 0.471 e. The number of ether oxygens (including phenoxy) is 1. The molecule has 0 spiro atoms. The molecular weight excluding hydrogens is 449 g/mol. The predicted octanol–water partition coefficient (Wildman–Crippen LogP) is 5.12. The summed E-state index contributed by atoms with van der Waals surface area (Å²) in [7, 11) is 0. The lowest BCUT2D eigenvalue weighted by atomic mass is 9.95. The first-order valence-corrected chi connectivity index (χ1v) is 10.9. The highest BCUT2D eigenvalue weighted by molar-refractivity contribution is 6.17. The van der Waals surface area contributed by atoms with Crippen LogP contribution >= 0.6 is 11.6 Å². The third-order valence-corrected chi connectivity index (χ3v) is 5.59. The van der Waals surface area contributed by atoms with E-state index in [-0.39, 0.29) is 40.4 Å². The number of alkyl halides is 4. The number of phenols is 1. The molecule has 2 aromatic rings. The number of fused-ring (bicyclic) bond motifs is 1. The molecule has 10 heteroatoms. The van der Waals surface area contributed by atoms with Gasteiger partial charge < -0.3 is 20.5 Å². The van der Waals surface area contributed by atoms with E-state index in [4.69, 9.17) is 16.3 Å². The van der Waals surface area contributed by atoms with Crippen molar-refractivity contribution in [3.63, 3.8) is 0 Å².